The van der Waals surface area contributed by atoms with E-state index in [1.54, 1.807) is 7.11 Å². The van der Waals surface area contributed by atoms with Crippen LogP contribution in [-0.4, -0.2) is 19.6 Å². The Labute approximate surface area is 145 Å². The maximum atomic E-state index is 5.84. The second kappa shape index (κ2) is 11.7. The van der Waals surface area contributed by atoms with E-state index < -0.39 is 0 Å². The summed E-state index contributed by atoms with van der Waals surface area (Å²) in [4.78, 5) is 4.35. The third-order valence-corrected chi connectivity index (χ3v) is 3.23. The second-order valence-electron chi connectivity index (χ2n) is 4.99. The number of benzene rings is 1. The van der Waals surface area contributed by atoms with E-state index in [0.29, 0.717) is 12.5 Å². The Morgan fingerprint density at radius 2 is 2.05 bits per heavy atom. The van der Waals surface area contributed by atoms with Gasteiger partial charge in [0.05, 0.1) is 13.7 Å². The minimum absolute atomic E-state index is 0. The Hall–Kier alpha value is -0.980. The fourth-order valence-corrected chi connectivity index (χ4v) is 2.04. The van der Waals surface area contributed by atoms with Crippen LogP contribution in [0.4, 0.5) is 0 Å². The monoisotopic (exact) mass is 405 g/mol. The number of methoxy groups -OCH3 is 1. The predicted molar refractivity (Wildman–Crippen MR) is 101 cm³/mol. The number of aliphatic imine (C=N–C) groups is 1. The molecule has 0 spiro atoms. The van der Waals surface area contributed by atoms with Crippen molar-refractivity contribution >= 4 is 29.9 Å². The smallest absolute Gasteiger partial charge is 0.188 e. The fraction of sp³-hybridized carbons (Fsp3) is 0.562. The number of unbranched alkanes of at least 4 members (excludes halogenated alkanes) is 3. The average molecular weight is 405 g/mol. The van der Waals surface area contributed by atoms with E-state index in [2.05, 4.69) is 23.3 Å². The number of aryl methyl sites for hydroxylation is 1. The van der Waals surface area contributed by atoms with Crippen molar-refractivity contribution in [2.75, 3.05) is 13.7 Å². The zero-order chi connectivity index (χ0) is 14.8. The third kappa shape index (κ3) is 8.14. The number of halogens is 1. The SMILES string of the molecule is CCCCCCNC(N)=NCc1ccc(OC)c(C)c1.I. The number of ether oxygens (including phenoxy) is 1. The second-order valence-corrected chi connectivity index (χ2v) is 4.99. The molecule has 1 rings (SSSR count). The summed E-state index contributed by atoms with van der Waals surface area (Å²) in [5.41, 5.74) is 8.10. The van der Waals surface area contributed by atoms with Gasteiger partial charge in [-0.2, -0.15) is 0 Å². The topological polar surface area (TPSA) is 59.6 Å². The summed E-state index contributed by atoms with van der Waals surface area (Å²) in [6.45, 7) is 5.73. The number of guanidine groups is 1. The van der Waals surface area contributed by atoms with Crippen molar-refractivity contribution in [2.24, 2.45) is 10.7 Å². The Morgan fingerprint density at radius 1 is 1.29 bits per heavy atom. The minimum atomic E-state index is 0. The van der Waals surface area contributed by atoms with Crippen molar-refractivity contribution in [3.63, 3.8) is 0 Å². The molecule has 0 unspecified atom stereocenters. The first kappa shape index (κ1) is 20.0. The molecule has 0 radical (unpaired) electrons. The van der Waals surface area contributed by atoms with Gasteiger partial charge in [-0.15, -0.1) is 24.0 Å². The van der Waals surface area contributed by atoms with E-state index in [1.807, 2.05) is 19.1 Å². The standard InChI is InChI=1S/C16H27N3O.HI/c1-4-5-6-7-10-18-16(17)19-12-14-8-9-15(20-3)13(2)11-14;/h8-9,11H,4-7,10,12H2,1-3H3,(H3,17,18,19);1H. The molecule has 0 heterocycles. The molecule has 0 atom stereocenters. The molecule has 0 aromatic heterocycles. The lowest BCUT2D eigenvalue weighted by atomic mass is 10.1. The lowest BCUT2D eigenvalue weighted by molar-refractivity contribution is 0.411. The maximum absolute atomic E-state index is 5.84. The Bertz CT molecular complexity index is 436. The lowest BCUT2D eigenvalue weighted by Crippen LogP contribution is -2.32. The van der Waals surface area contributed by atoms with E-state index in [-0.39, 0.29) is 24.0 Å². The van der Waals surface area contributed by atoms with Crippen LogP contribution in [0.2, 0.25) is 0 Å². The van der Waals surface area contributed by atoms with Crippen molar-refractivity contribution in [3.05, 3.63) is 29.3 Å². The summed E-state index contributed by atoms with van der Waals surface area (Å²) in [7, 11) is 1.68. The molecule has 21 heavy (non-hydrogen) atoms. The molecule has 0 saturated carbocycles. The molecule has 4 nitrogen and oxygen atoms in total. The van der Waals surface area contributed by atoms with Gasteiger partial charge in [0.25, 0.3) is 0 Å². The highest BCUT2D eigenvalue weighted by molar-refractivity contribution is 14.0. The lowest BCUT2D eigenvalue weighted by Gasteiger charge is -2.07. The summed E-state index contributed by atoms with van der Waals surface area (Å²) in [6.07, 6.45) is 4.92. The maximum Gasteiger partial charge on any atom is 0.188 e. The number of hydrogen-bond acceptors (Lipinski definition) is 2. The van der Waals surface area contributed by atoms with E-state index in [0.717, 1.165) is 29.8 Å². The Kier molecular flexibility index (Phi) is 11.1. The van der Waals surface area contributed by atoms with E-state index >= 15 is 0 Å². The van der Waals surface area contributed by atoms with Gasteiger partial charge in [0.1, 0.15) is 5.75 Å². The van der Waals surface area contributed by atoms with Crippen LogP contribution in [0, 0.1) is 6.92 Å². The molecule has 0 fully saturated rings. The van der Waals surface area contributed by atoms with E-state index in [4.69, 9.17) is 10.5 Å². The highest BCUT2D eigenvalue weighted by Gasteiger charge is 1.99. The van der Waals surface area contributed by atoms with Crippen LogP contribution < -0.4 is 15.8 Å². The zero-order valence-corrected chi connectivity index (χ0v) is 15.6. The number of nitrogens with one attached hydrogen (secondary N) is 1. The van der Waals surface area contributed by atoms with Gasteiger partial charge in [-0.25, -0.2) is 4.99 Å². The Balaban J connectivity index is 0.00000400. The highest BCUT2D eigenvalue weighted by atomic mass is 127. The van der Waals surface area contributed by atoms with Crippen molar-refractivity contribution in [3.8, 4) is 5.75 Å². The fourth-order valence-electron chi connectivity index (χ4n) is 2.04. The van der Waals surface area contributed by atoms with Gasteiger partial charge in [0.15, 0.2) is 5.96 Å². The average Bonchev–Trinajstić information content (AvgIpc) is 2.45. The van der Waals surface area contributed by atoms with Crippen LogP contribution >= 0.6 is 24.0 Å². The molecule has 0 bridgehead atoms. The van der Waals surface area contributed by atoms with E-state index in [1.165, 1.54) is 19.3 Å². The number of rotatable bonds is 8. The summed E-state index contributed by atoms with van der Waals surface area (Å²) in [6, 6.07) is 6.06. The summed E-state index contributed by atoms with van der Waals surface area (Å²) in [5.74, 6) is 1.43. The van der Waals surface area contributed by atoms with Crippen LogP contribution in [0.1, 0.15) is 43.7 Å². The first-order valence-corrected chi connectivity index (χ1v) is 7.34. The molecule has 0 aliphatic carbocycles. The molecule has 3 N–H and O–H groups in total. The molecule has 0 saturated heterocycles. The van der Waals surface area contributed by atoms with Crippen molar-refractivity contribution in [1.29, 1.82) is 0 Å². The predicted octanol–water partition coefficient (Wildman–Crippen LogP) is 3.61. The van der Waals surface area contributed by atoms with Crippen molar-refractivity contribution in [2.45, 2.75) is 46.1 Å². The Morgan fingerprint density at radius 3 is 2.67 bits per heavy atom. The molecule has 120 valence electrons. The van der Waals surface area contributed by atoms with Crippen molar-refractivity contribution in [1.82, 2.24) is 5.32 Å². The molecular formula is C16H28IN3O. The van der Waals surface area contributed by atoms with Gasteiger partial charge >= 0.3 is 0 Å². The molecule has 5 heteroatoms. The van der Waals surface area contributed by atoms with Gasteiger partial charge in [0.2, 0.25) is 0 Å². The number of nitrogens with zero attached hydrogens (tertiary/aromatic N) is 1. The minimum Gasteiger partial charge on any atom is -0.496 e. The first-order chi connectivity index (χ1) is 9.67. The summed E-state index contributed by atoms with van der Waals surface area (Å²) < 4.78 is 5.24. The van der Waals surface area contributed by atoms with Crippen molar-refractivity contribution < 1.29 is 4.74 Å². The van der Waals surface area contributed by atoms with E-state index in [9.17, 15) is 0 Å². The molecule has 1 aromatic carbocycles. The first-order valence-electron chi connectivity index (χ1n) is 7.34. The van der Waals surface area contributed by atoms with Crippen LogP contribution in [0.25, 0.3) is 0 Å². The third-order valence-electron chi connectivity index (χ3n) is 3.23. The van der Waals surface area contributed by atoms with Crippen LogP contribution in [0.5, 0.6) is 5.75 Å². The van der Waals surface area contributed by atoms with Crippen LogP contribution in [0.15, 0.2) is 23.2 Å². The molecule has 0 aliphatic rings. The van der Waals surface area contributed by atoms with Gasteiger partial charge in [-0.05, 0) is 30.5 Å². The normalized spacial score (nSPS) is 10.9. The zero-order valence-electron chi connectivity index (χ0n) is 13.3. The quantitative estimate of drug-likeness (QED) is 0.301. The molecular weight excluding hydrogens is 377 g/mol. The van der Waals surface area contributed by atoms with Crippen LogP contribution in [-0.2, 0) is 6.54 Å². The summed E-state index contributed by atoms with van der Waals surface area (Å²) >= 11 is 0. The van der Waals surface area contributed by atoms with Crippen LogP contribution in [0.3, 0.4) is 0 Å². The molecule has 0 amide bonds. The molecule has 0 aliphatic heterocycles. The highest BCUT2D eigenvalue weighted by Crippen LogP contribution is 2.18. The summed E-state index contributed by atoms with van der Waals surface area (Å²) in [5, 5.41) is 3.15. The van der Waals surface area contributed by atoms with Gasteiger partial charge in [0, 0.05) is 6.54 Å². The van der Waals surface area contributed by atoms with Gasteiger partial charge < -0.3 is 15.8 Å². The van der Waals surface area contributed by atoms with Gasteiger partial charge in [-0.1, -0.05) is 38.3 Å². The number of nitrogens with two attached hydrogens (primary N) is 1. The number of hydrogen-bond donors (Lipinski definition) is 2. The molecule has 1 aromatic rings. The largest absolute Gasteiger partial charge is 0.496 e. The van der Waals surface area contributed by atoms with Gasteiger partial charge in [-0.3, -0.25) is 0 Å².